The number of furan rings is 3. The van der Waals surface area contributed by atoms with Gasteiger partial charge in [-0.3, -0.25) is 0 Å². The Kier molecular flexibility index (Phi) is 7.93. The Balaban J connectivity index is 1.10. The van der Waals surface area contributed by atoms with Gasteiger partial charge < -0.3 is 13.3 Å². The molecule has 4 heterocycles. The number of nitrogens with zero attached hydrogens (tertiary/aromatic N) is 3. The number of hydrogen-bond acceptors (Lipinski definition) is 6. The number of aromatic nitrogens is 3. The maximum absolute atomic E-state index is 6.74. The van der Waals surface area contributed by atoms with E-state index < -0.39 is 0 Å². The van der Waals surface area contributed by atoms with Crippen LogP contribution in [-0.2, 0) is 6.42 Å². The average Bonchev–Trinajstić information content (AvgIpc) is 3.98. The lowest BCUT2D eigenvalue weighted by Gasteiger charge is -2.10. The molecule has 11 aromatic rings. The Morgan fingerprint density at radius 1 is 0.500 bits per heavy atom. The van der Waals surface area contributed by atoms with Crippen LogP contribution in [0.1, 0.15) is 11.4 Å². The lowest BCUT2D eigenvalue weighted by molar-refractivity contribution is 0.668. The molecule has 0 aliphatic heterocycles. The van der Waals surface area contributed by atoms with Crippen LogP contribution < -0.4 is 0 Å². The van der Waals surface area contributed by atoms with Crippen LogP contribution in [-0.4, -0.2) is 15.0 Å². The molecule has 0 atom stereocenters. The van der Waals surface area contributed by atoms with Gasteiger partial charge in [0.1, 0.15) is 33.5 Å². The summed E-state index contributed by atoms with van der Waals surface area (Å²) in [6, 6.07) is 51.3. The predicted molar refractivity (Wildman–Crippen MR) is 235 cm³/mol. The Morgan fingerprint density at radius 3 is 1.93 bits per heavy atom. The van der Waals surface area contributed by atoms with Gasteiger partial charge in [0.05, 0.1) is 5.56 Å². The van der Waals surface area contributed by atoms with Gasteiger partial charge in [-0.25, -0.2) is 15.0 Å². The van der Waals surface area contributed by atoms with Crippen LogP contribution in [0.25, 0.3) is 105 Å². The van der Waals surface area contributed by atoms with Crippen LogP contribution in [0.4, 0.5) is 0 Å². The molecule has 0 bridgehead atoms. The molecular weight excluding hydrogens is 715 g/mol. The van der Waals surface area contributed by atoms with Crippen LogP contribution >= 0.6 is 0 Å². The topological polar surface area (TPSA) is 78.1 Å². The summed E-state index contributed by atoms with van der Waals surface area (Å²) < 4.78 is 19.4. The maximum atomic E-state index is 6.74. The molecule has 274 valence electrons. The SMILES string of the molecule is C=C/C(=C\C=C/Cc1ccccc1)c1nc(-c2cccc3c2oc2ccccc23)nc(-c2cccc3oc4c(-c5ccc6oc7ccccc7c6c5)cccc4c23)n1. The number of hydrogen-bond donors (Lipinski definition) is 0. The van der Waals surface area contributed by atoms with Gasteiger partial charge in [0.15, 0.2) is 17.5 Å². The molecule has 0 spiro atoms. The molecule has 6 nitrogen and oxygen atoms in total. The first-order chi connectivity index (χ1) is 28.7. The first kappa shape index (κ1) is 33.5. The molecule has 0 aliphatic rings. The van der Waals surface area contributed by atoms with Crippen LogP contribution in [0.15, 0.2) is 196 Å². The number of fused-ring (bicyclic) bond motifs is 9. The molecule has 0 unspecified atom stereocenters. The standard InChI is InChI=1S/C52H33N3O3/c1-2-33(18-7-6-17-32-15-4-3-5-16-32)50-53-51(55-52(54-50)41-25-13-22-38-36-19-8-11-27-44(36)57-49(38)41)40-24-14-28-46-47(40)39-23-12-21-35(48(39)58-46)34-29-30-45-42(31-34)37-20-9-10-26-43(37)56-45/h2-16,18-31H,1,17H2/b7-6-,33-18+. The minimum absolute atomic E-state index is 0.497. The normalized spacial score (nSPS) is 12.3. The monoisotopic (exact) mass is 747 g/mol. The van der Waals surface area contributed by atoms with Crippen molar-refractivity contribution in [2.24, 2.45) is 0 Å². The molecule has 4 aromatic heterocycles. The first-order valence-corrected chi connectivity index (χ1v) is 19.3. The molecule has 6 heteroatoms. The van der Waals surface area contributed by atoms with Crippen LogP contribution in [0.2, 0.25) is 0 Å². The lowest BCUT2D eigenvalue weighted by Crippen LogP contribution is -2.02. The van der Waals surface area contributed by atoms with E-state index in [0.29, 0.717) is 17.5 Å². The van der Waals surface area contributed by atoms with Crippen molar-refractivity contribution in [3.05, 3.63) is 194 Å². The molecule has 0 saturated carbocycles. The van der Waals surface area contributed by atoms with Crippen LogP contribution in [0, 0.1) is 0 Å². The van der Waals surface area contributed by atoms with E-state index in [1.54, 1.807) is 6.08 Å². The van der Waals surface area contributed by atoms with E-state index in [1.807, 2.05) is 84.9 Å². The van der Waals surface area contributed by atoms with Gasteiger partial charge in [0.25, 0.3) is 0 Å². The summed E-state index contributed by atoms with van der Waals surface area (Å²) in [5.74, 6) is 1.51. The van der Waals surface area contributed by atoms with Gasteiger partial charge in [-0.1, -0.05) is 146 Å². The van der Waals surface area contributed by atoms with Gasteiger partial charge in [-0.2, -0.15) is 0 Å². The third-order valence-electron chi connectivity index (χ3n) is 10.8. The molecule has 0 saturated heterocycles. The fourth-order valence-electron chi connectivity index (χ4n) is 8.05. The number of benzene rings is 7. The Hall–Kier alpha value is -7.83. The largest absolute Gasteiger partial charge is 0.456 e. The van der Waals surface area contributed by atoms with Gasteiger partial charge in [0, 0.05) is 49.0 Å². The van der Waals surface area contributed by atoms with Crippen molar-refractivity contribution in [3.8, 4) is 33.9 Å². The van der Waals surface area contributed by atoms with E-state index in [0.717, 1.165) is 100 Å². The molecular formula is C52H33N3O3. The summed E-state index contributed by atoms with van der Waals surface area (Å²) >= 11 is 0. The Labute approximate surface area is 332 Å². The lowest BCUT2D eigenvalue weighted by atomic mass is 9.99. The predicted octanol–water partition coefficient (Wildman–Crippen LogP) is 13.9. The molecule has 11 rings (SSSR count). The second-order valence-corrected chi connectivity index (χ2v) is 14.3. The van der Waals surface area contributed by atoms with Crippen LogP contribution in [0.5, 0.6) is 0 Å². The van der Waals surface area contributed by atoms with Gasteiger partial charge in [-0.05, 0) is 53.9 Å². The first-order valence-electron chi connectivity index (χ1n) is 19.3. The highest BCUT2D eigenvalue weighted by atomic mass is 16.3. The van der Waals surface area contributed by atoms with Gasteiger partial charge in [0.2, 0.25) is 0 Å². The zero-order valence-corrected chi connectivity index (χ0v) is 31.2. The van der Waals surface area contributed by atoms with Crippen molar-refractivity contribution in [1.82, 2.24) is 15.0 Å². The smallest absolute Gasteiger partial charge is 0.167 e. The fraction of sp³-hybridized carbons (Fsp3) is 0.0192. The highest BCUT2D eigenvalue weighted by Crippen LogP contribution is 2.42. The van der Waals surface area contributed by atoms with Crippen molar-refractivity contribution < 1.29 is 13.3 Å². The Bertz CT molecular complexity index is 3460. The molecule has 0 aliphatic carbocycles. The van der Waals surface area contributed by atoms with Crippen molar-refractivity contribution in [2.45, 2.75) is 6.42 Å². The third-order valence-corrected chi connectivity index (χ3v) is 10.8. The van der Waals surface area contributed by atoms with E-state index in [4.69, 9.17) is 28.2 Å². The van der Waals surface area contributed by atoms with E-state index >= 15 is 0 Å². The van der Waals surface area contributed by atoms with Crippen molar-refractivity contribution in [2.75, 3.05) is 0 Å². The molecule has 0 amide bonds. The minimum atomic E-state index is 0.497. The molecule has 0 N–H and O–H groups in total. The summed E-state index contributed by atoms with van der Waals surface area (Å²) in [6.07, 6.45) is 8.74. The summed E-state index contributed by atoms with van der Waals surface area (Å²) in [6.45, 7) is 4.17. The van der Waals surface area contributed by atoms with E-state index in [2.05, 4.69) is 91.5 Å². The molecule has 7 aromatic carbocycles. The van der Waals surface area contributed by atoms with E-state index in [9.17, 15) is 0 Å². The summed E-state index contributed by atoms with van der Waals surface area (Å²) in [7, 11) is 0. The fourth-order valence-corrected chi connectivity index (χ4v) is 8.05. The number of para-hydroxylation sites is 4. The van der Waals surface area contributed by atoms with Crippen molar-refractivity contribution in [1.29, 1.82) is 0 Å². The average molecular weight is 748 g/mol. The maximum Gasteiger partial charge on any atom is 0.167 e. The second kappa shape index (κ2) is 13.7. The molecule has 0 fully saturated rings. The number of allylic oxidation sites excluding steroid dienone is 5. The second-order valence-electron chi connectivity index (χ2n) is 14.3. The van der Waals surface area contributed by atoms with Crippen LogP contribution in [0.3, 0.4) is 0 Å². The molecule has 0 radical (unpaired) electrons. The summed E-state index contributed by atoms with van der Waals surface area (Å²) in [5, 5.41) is 6.06. The summed E-state index contributed by atoms with van der Waals surface area (Å²) in [4.78, 5) is 15.5. The molecule has 58 heavy (non-hydrogen) atoms. The van der Waals surface area contributed by atoms with Crippen molar-refractivity contribution >= 4 is 71.4 Å². The minimum Gasteiger partial charge on any atom is -0.456 e. The quantitative estimate of drug-likeness (QED) is 0.144. The highest BCUT2D eigenvalue weighted by molar-refractivity contribution is 6.16. The number of rotatable bonds is 8. The van der Waals surface area contributed by atoms with Gasteiger partial charge in [-0.15, -0.1) is 0 Å². The zero-order chi connectivity index (χ0) is 38.6. The third kappa shape index (κ3) is 5.61. The van der Waals surface area contributed by atoms with Crippen molar-refractivity contribution in [3.63, 3.8) is 0 Å². The van der Waals surface area contributed by atoms with E-state index in [-0.39, 0.29) is 0 Å². The van der Waals surface area contributed by atoms with Gasteiger partial charge >= 0.3 is 0 Å². The Morgan fingerprint density at radius 2 is 1.10 bits per heavy atom. The highest BCUT2D eigenvalue weighted by Gasteiger charge is 2.22. The summed E-state index contributed by atoms with van der Waals surface area (Å²) in [5.41, 5.74) is 10.4. The zero-order valence-electron chi connectivity index (χ0n) is 31.2. The van der Waals surface area contributed by atoms with E-state index in [1.165, 1.54) is 5.56 Å².